The zero-order valence-electron chi connectivity index (χ0n) is 21.6. The Morgan fingerprint density at radius 3 is 2.35 bits per heavy atom. The van der Waals surface area contributed by atoms with Crippen molar-refractivity contribution in [3.8, 4) is 11.5 Å². The molecule has 0 aliphatic carbocycles. The Morgan fingerprint density at radius 2 is 1.68 bits per heavy atom. The van der Waals surface area contributed by atoms with Gasteiger partial charge in [0.05, 0.1) is 27.0 Å². The van der Waals surface area contributed by atoms with E-state index in [1.165, 1.54) is 4.90 Å². The van der Waals surface area contributed by atoms with E-state index < -0.39 is 0 Å². The number of hydrogen-bond acceptors (Lipinski definition) is 6. The molecular formula is C28H35N3O6. The molecule has 0 aliphatic heterocycles. The number of furan rings is 1. The van der Waals surface area contributed by atoms with Crippen molar-refractivity contribution in [1.29, 1.82) is 0 Å². The molecule has 0 saturated carbocycles. The lowest BCUT2D eigenvalue weighted by atomic mass is 10.1. The van der Waals surface area contributed by atoms with Crippen LogP contribution in [0.15, 0.2) is 71.3 Å². The van der Waals surface area contributed by atoms with Crippen LogP contribution in [0.2, 0.25) is 0 Å². The minimum Gasteiger partial charge on any atom is -0.493 e. The predicted octanol–water partition coefficient (Wildman–Crippen LogP) is 4.44. The number of methoxy groups -OCH3 is 3. The Balaban J connectivity index is 1.72. The maximum atomic E-state index is 13.5. The summed E-state index contributed by atoms with van der Waals surface area (Å²) in [4.78, 5) is 29.8. The van der Waals surface area contributed by atoms with Gasteiger partial charge >= 0.3 is 6.03 Å². The first-order valence-electron chi connectivity index (χ1n) is 12.1. The molecule has 0 aliphatic rings. The van der Waals surface area contributed by atoms with E-state index in [1.807, 2.05) is 42.5 Å². The fourth-order valence-electron chi connectivity index (χ4n) is 3.82. The third-order valence-corrected chi connectivity index (χ3v) is 5.81. The second-order valence-corrected chi connectivity index (χ2v) is 8.40. The second kappa shape index (κ2) is 14.5. The molecule has 1 heterocycles. The summed E-state index contributed by atoms with van der Waals surface area (Å²) in [6.45, 7) is 1.52. The maximum Gasteiger partial charge on any atom is 0.322 e. The van der Waals surface area contributed by atoms with Crippen LogP contribution in [-0.2, 0) is 22.5 Å². The molecule has 198 valence electrons. The number of benzene rings is 2. The van der Waals surface area contributed by atoms with Gasteiger partial charge in [-0.25, -0.2) is 4.79 Å². The first-order chi connectivity index (χ1) is 18.0. The summed E-state index contributed by atoms with van der Waals surface area (Å²) < 4.78 is 21.4. The molecule has 1 N–H and O–H groups in total. The van der Waals surface area contributed by atoms with Gasteiger partial charge in [-0.15, -0.1) is 0 Å². The van der Waals surface area contributed by atoms with Crippen LogP contribution in [0.3, 0.4) is 0 Å². The van der Waals surface area contributed by atoms with Crippen LogP contribution in [0.4, 0.5) is 10.5 Å². The fraction of sp³-hybridized carbons (Fsp3) is 0.357. The monoisotopic (exact) mass is 509 g/mol. The summed E-state index contributed by atoms with van der Waals surface area (Å²) in [6, 6.07) is 18.1. The van der Waals surface area contributed by atoms with Crippen molar-refractivity contribution >= 4 is 17.6 Å². The Hall–Kier alpha value is -3.98. The van der Waals surface area contributed by atoms with Crippen LogP contribution < -0.4 is 14.8 Å². The summed E-state index contributed by atoms with van der Waals surface area (Å²) in [5.41, 5.74) is 1.66. The number of anilines is 1. The normalized spacial score (nSPS) is 10.6. The van der Waals surface area contributed by atoms with Gasteiger partial charge in [0.1, 0.15) is 12.3 Å². The highest BCUT2D eigenvalue weighted by Crippen LogP contribution is 2.27. The number of hydrogen-bond donors (Lipinski definition) is 1. The second-order valence-electron chi connectivity index (χ2n) is 8.40. The molecule has 2 aromatic carbocycles. The van der Waals surface area contributed by atoms with Crippen LogP contribution in [0, 0.1) is 0 Å². The number of para-hydroxylation sites is 1. The SMILES string of the molecule is COCCCN(CC(=O)N(CCc1ccc(OC)c(OC)c1)Cc1ccco1)C(=O)Nc1ccccc1. The van der Waals surface area contributed by atoms with E-state index in [0.717, 1.165) is 5.56 Å². The lowest BCUT2D eigenvalue weighted by molar-refractivity contribution is -0.132. The lowest BCUT2D eigenvalue weighted by Gasteiger charge is -2.27. The van der Waals surface area contributed by atoms with Gasteiger partial charge in [-0.05, 0) is 54.8 Å². The van der Waals surface area contributed by atoms with E-state index in [-0.39, 0.29) is 18.5 Å². The van der Waals surface area contributed by atoms with Crippen molar-refractivity contribution in [3.63, 3.8) is 0 Å². The first-order valence-corrected chi connectivity index (χ1v) is 12.1. The molecule has 0 saturated heterocycles. The molecule has 37 heavy (non-hydrogen) atoms. The highest BCUT2D eigenvalue weighted by molar-refractivity contribution is 5.92. The summed E-state index contributed by atoms with van der Waals surface area (Å²) in [5, 5.41) is 2.87. The van der Waals surface area contributed by atoms with Crippen molar-refractivity contribution in [3.05, 3.63) is 78.3 Å². The van der Waals surface area contributed by atoms with Gasteiger partial charge in [0, 0.05) is 32.5 Å². The number of amides is 3. The van der Waals surface area contributed by atoms with Gasteiger partial charge in [-0.2, -0.15) is 0 Å². The number of carbonyl (C=O) groups excluding carboxylic acids is 2. The van der Waals surface area contributed by atoms with Crippen molar-refractivity contribution in [2.24, 2.45) is 0 Å². The Kier molecular flexibility index (Phi) is 10.9. The van der Waals surface area contributed by atoms with E-state index in [1.54, 1.807) is 50.7 Å². The molecule has 0 spiro atoms. The summed E-state index contributed by atoms with van der Waals surface area (Å²) in [6.07, 6.45) is 2.78. The van der Waals surface area contributed by atoms with Gasteiger partial charge in [0.25, 0.3) is 0 Å². The molecule has 0 fully saturated rings. The first kappa shape index (κ1) is 27.6. The minimum atomic E-state index is -0.339. The average molecular weight is 510 g/mol. The standard InChI is InChI=1S/C28H35N3O6/c1-34-17-8-15-31(28(33)29-23-9-5-4-6-10-23)21-27(32)30(20-24-11-7-18-37-24)16-14-22-12-13-25(35-2)26(19-22)36-3/h4-7,9-13,18-19H,8,14-17,20-21H2,1-3H3,(H,29,33). The molecule has 3 amide bonds. The third kappa shape index (κ3) is 8.57. The fourth-order valence-corrected chi connectivity index (χ4v) is 3.82. The van der Waals surface area contributed by atoms with Crippen LogP contribution in [0.25, 0.3) is 0 Å². The molecular weight excluding hydrogens is 474 g/mol. The summed E-state index contributed by atoms with van der Waals surface area (Å²) in [5.74, 6) is 1.76. The molecule has 0 bridgehead atoms. The van der Waals surface area contributed by atoms with Crippen molar-refractivity contribution in [2.45, 2.75) is 19.4 Å². The van der Waals surface area contributed by atoms with Gasteiger partial charge in [0.15, 0.2) is 11.5 Å². The van der Waals surface area contributed by atoms with E-state index >= 15 is 0 Å². The Morgan fingerprint density at radius 1 is 0.892 bits per heavy atom. The largest absolute Gasteiger partial charge is 0.493 e. The topological polar surface area (TPSA) is 93.5 Å². The van der Waals surface area contributed by atoms with Gasteiger partial charge in [0.2, 0.25) is 5.91 Å². The van der Waals surface area contributed by atoms with E-state index in [4.69, 9.17) is 18.6 Å². The van der Waals surface area contributed by atoms with Crippen LogP contribution in [-0.4, -0.2) is 69.3 Å². The minimum absolute atomic E-state index is 0.0744. The van der Waals surface area contributed by atoms with Crippen molar-refractivity contribution < 1.29 is 28.2 Å². The van der Waals surface area contributed by atoms with Gasteiger partial charge in [-0.1, -0.05) is 24.3 Å². The van der Waals surface area contributed by atoms with E-state index in [0.29, 0.717) is 62.0 Å². The van der Waals surface area contributed by atoms with Crippen LogP contribution >= 0.6 is 0 Å². The molecule has 0 radical (unpaired) electrons. The zero-order valence-corrected chi connectivity index (χ0v) is 21.6. The zero-order chi connectivity index (χ0) is 26.5. The van der Waals surface area contributed by atoms with Crippen molar-refractivity contribution in [1.82, 2.24) is 9.80 Å². The summed E-state index contributed by atoms with van der Waals surface area (Å²) >= 11 is 0. The van der Waals surface area contributed by atoms with Gasteiger partial charge in [-0.3, -0.25) is 4.79 Å². The van der Waals surface area contributed by atoms with Crippen LogP contribution in [0.5, 0.6) is 11.5 Å². The summed E-state index contributed by atoms with van der Waals surface area (Å²) in [7, 11) is 4.79. The van der Waals surface area contributed by atoms with E-state index in [2.05, 4.69) is 5.32 Å². The van der Waals surface area contributed by atoms with E-state index in [9.17, 15) is 9.59 Å². The number of ether oxygens (including phenoxy) is 3. The smallest absolute Gasteiger partial charge is 0.322 e. The lowest BCUT2D eigenvalue weighted by Crippen LogP contribution is -2.45. The maximum absolute atomic E-state index is 13.5. The van der Waals surface area contributed by atoms with Crippen molar-refractivity contribution in [2.75, 3.05) is 52.9 Å². The number of urea groups is 1. The number of carbonyl (C=O) groups is 2. The number of nitrogens with zero attached hydrogens (tertiary/aromatic N) is 2. The average Bonchev–Trinajstić information content (AvgIpc) is 3.44. The number of nitrogens with one attached hydrogen (secondary N) is 1. The van der Waals surface area contributed by atoms with Gasteiger partial charge < -0.3 is 33.7 Å². The third-order valence-electron chi connectivity index (χ3n) is 5.81. The Labute approximate surface area is 217 Å². The molecule has 0 unspecified atom stereocenters. The predicted molar refractivity (Wildman–Crippen MR) is 141 cm³/mol. The highest BCUT2D eigenvalue weighted by Gasteiger charge is 2.22. The molecule has 9 heteroatoms. The number of rotatable bonds is 14. The highest BCUT2D eigenvalue weighted by atomic mass is 16.5. The molecule has 1 aromatic heterocycles. The molecule has 9 nitrogen and oxygen atoms in total. The van der Waals surface area contributed by atoms with Crippen LogP contribution in [0.1, 0.15) is 17.7 Å². The Bertz CT molecular complexity index is 1100. The molecule has 3 aromatic rings. The quantitative estimate of drug-likeness (QED) is 0.323. The molecule has 0 atom stereocenters. The molecule has 3 rings (SSSR count).